The van der Waals surface area contributed by atoms with Gasteiger partial charge in [-0.2, -0.15) is 0 Å². The number of aromatic nitrogens is 2. The molecule has 0 radical (unpaired) electrons. The minimum atomic E-state index is 0.000154. The molecule has 1 aromatic heterocycles. The van der Waals surface area contributed by atoms with Crippen molar-refractivity contribution in [3.8, 4) is 0 Å². The number of halogens is 1. The zero-order chi connectivity index (χ0) is 14.5. The topological polar surface area (TPSA) is 37.8 Å². The summed E-state index contributed by atoms with van der Waals surface area (Å²) in [5, 5.41) is 3.77. The highest BCUT2D eigenvalue weighted by molar-refractivity contribution is 6.29. The maximum absolute atomic E-state index is 5.91. The standard InChI is InChI=1S/C17H14ClN3/c18-15-11-19-12-16(20-15)21-17(13-7-3-1-4-8-13)14-9-5-2-6-10-14/h1-12,17H,(H,20,21). The van der Waals surface area contributed by atoms with Crippen molar-refractivity contribution in [2.45, 2.75) is 6.04 Å². The molecule has 0 saturated heterocycles. The van der Waals surface area contributed by atoms with Crippen LogP contribution in [0.25, 0.3) is 0 Å². The van der Waals surface area contributed by atoms with Crippen molar-refractivity contribution in [3.05, 3.63) is 89.3 Å². The highest BCUT2D eigenvalue weighted by Gasteiger charge is 2.14. The van der Waals surface area contributed by atoms with Gasteiger partial charge in [-0.1, -0.05) is 72.3 Å². The van der Waals surface area contributed by atoms with Crippen molar-refractivity contribution in [1.29, 1.82) is 0 Å². The van der Waals surface area contributed by atoms with E-state index in [1.54, 1.807) is 6.20 Å². The SMILES string of the molecule is Clc1cncc(NC(c2ccccc2)c2ccccc2)n1. The number of rotatable bonds is 4. The molecule has 0 atom stereocenters. The molecule has 0 unspecified atom stereocenters. The van der Waals surface area contributed by atoms with E-state index in [2.05, 4.69) is 39.6 Å². The molecule has 3 rings (SSSR count). The van der Waals surface area contributed by atoms with Gasteiger partial charge in [0.25, 0.3) is 0 Å². The first kappa shape index (κ1) is 13.6. The average Bonchev–Trinajstić information content (AvgIpc) is 2.54. The van der Waals surface area contributed by atoms with Crippen LogP contribution in [0.5, 0.6) is 0 Å². The summed E-state index contributed by atoms with van der Waals surface area (Å²) in [4.78, 5) is 8.32. The van der Waals surface area contributed by atoms with E-state index in [4.69, 9.17) is 11.6 Å². The number of benzene rings is 2. The number of hydrogen-bond acceptors (Lipinski definition) is 3. The van der Waals surface area contributed by atoms with Crippen molar-refractivity contribution in [2.24, 2.45) is 0 Å². The molecule has 0 aliphatic rings. The fraction of sp³-hybridized carbons (Fsp3) is 0.0588. The predicted octanol–water partition coefficient (Wildman–Crippen LogP) is 4.33. The molecule has 3 nitrogen and oxygen atoms in total. The van der Waals surface area contributed by atoms with Crippen LogP contribution in [-0.2, 0) is 0 Å². The second kappa shape index (κ2) is 6.37. The van der Waals surface area contributed by atoms with Crippen LogP contribution in [0.2, 0.25) is 5.15 Å². The summed E-state index contributed by atoms with van der Waals surface area (Å²) in [7, 11) is 0. The molecule has 1 heterocycles. The maximum Gasteiger partial charge on any atom is 0.149 e. The van der Waals surface area contributed by atoms with Crippen LogP contribution < -0.4 is 5.32 Å². The van der Waals surface area contributed by atoms with Gasteiger partial charge in [-0.15, -0.1) is 0 Å². The molecule has 0 bridgehead atoms. The largest absolute Gasteiger partial charge is 0.358 e. The zero-order valence-electron chi connectivity index (χ0n) is 11.3. The molecule has 0 aliphatic heterocycles. The van der Waals surface area contributed by atoms with E-state index in [0.717, 1.165) is 11.1 Å². The normalized spacial score (nSPS) is 10.6. The lowest BCUT2D eigenvalue weighted by molar-refractivity contribution is 0.922. The summed E-state index contributed by atoms with van der Waals surface area (Å²) in [5.74, 6) is 0.653. The van der Waals surface area contributed by atoms with Gasteiger partial charge < -0.3 is 5.32 Å². The van der Waals surface area contributed by atoms with Crippen molar-refractivity contribution >= 4 is 17.4 Å². The summed E-state index contributed by atoms with van der Waals surface area (Å²) in [5.41, 5.74) is 2.32. The molecule has 3 aromatic rings. The molecular weight excluding hydrogens is 282 g/mol. The van der Waals surface area contributed by atoms with E-state index in [1.165, 1.54) is 6.20 Å². The molecule has 1 N–H and O–H groups in total. The van der Waals surface area contributed by atoms with Crippen LogP contribution in [0.3, 0.4) is 0 Å². The van der Waals surface area contributed by atoms with E-state index in [1.807, 2.05) is 36.4 Å². The van der Waals surface area contributed by atoms with Crippen molar-refractivity contribution in [2.75, 3.05) is 5.32 Å². The highest BCUT2D eigenvalue weighted by Crippen LogP contribution is 2.25. The van der Waals surface area contributed by atoms with Gasteiger partial charge in [-0.3, -0.25) is 4.98 Å². The summed E-state index contributed by atoms with van der Waals surface area (Å²) in [6, 6.07) is 20.5. The first-order valence-electron chi connectivity index (χ1n) is 6.67. The smallest absolute Gasteiger partial charge is 0.149 e. The van der Waals surface area contributed by atoms with Gasteiger partial charge in [-0.05, 0) is 11.1 Å². The minimum Gasteiger partial charge on any atom is -0.358 e. The van der Waals surface area contributed by atoms with E-state index in [9.17, 15) is 0 Å². The summed E-state index contributed by atoms with van der Waals surface area (Å²) in [6.45, 7) is 0. The Morgan fingerprint density at radius 1 is 0.810 bits per heavy atom. The third kappa shape index (κ3) is 3.38. The average molecular weight is 296 g/mol. The molecule has 0 amide bonds. The lowest BCUT2D eigenvalue weighted by Crippen LogP contribution is -2.13. The maximum atomic E-state index is 5.91. The monoisotopic (exact) mass is 295 g/mol. The van der Waals surface area contributed by atoms with Gasteiger partial charge in [-0.25, -0.2) is 4.98 Å². The van der Waals surface area contributed by atoms with Crippen LogP contribution >= 0.6 is 11.6 Å². The first-order chi connectivity index (χ1) is 10.3. The van der Waals surface area contributed by atoms with E-state index in [-0.39, 0.29) is 6.04 Å². The molecule has 21 heavy (non-hydrogen) atoms. The molecular formula is C17H14ClN3. The van der Waals surface area contributed by atoms with Gasteiger partial charge in [0, 0.05) is 0 Å². The molecule has 0 spiro atoms. The first-order valence-corrected chi connectivity index (χ1v) is 7.05. The number of nitrogens with one attached hydrogen (secondary N) is 1. The van der Waals surface area contributed by atoms with E-state index >= 15 is 0 Å². The Hall–Kier alpha value is -2.39. The summed E-state index contributed by atoms with van der Waals surface area (Å²) >= 11 is 5.91. The van der Waals surface area contributed by atoms with Crippen molar-refractivity contribution < 1.29 is 0 Å². The Labute approximate surface area is 128 Å². The summed E-state index contributed by atoms with van der Waals surface area (Å²) in [6.07, 6.45) is 3.19. The van der Waals surface area contributed by atoms with Crippen LogP contribution in [0.4, 0.5) is 5.82 Å². The quantitative estimate of drug-likeness (QED) is 0.778. The highest BCUT2D eigenvalue weighted by atomic mass is 35.5. The van der Waals surface area contributed by atoms with Crippen molar-refractivity contribution in [1.82, 2.24) is 9.97 Å². The Kier molecular flexibility index (Phi) is 4.12. The van der Waals surface area contributed by atoms with Crippen LogP contribution in [-0.4, -0.2) is 9.97 Å². The number of nitrogens with zero attached hydrogens (tertiary/aromatic N) is 2. The predicted molar refractivity (Wildman–Crippen MR) is 85.4 cm³/mol. The van der Waals surface area contributed by atoms with E-state index in [0.29, 0.717) is 11.0 Å². The molecule has 104 valence electrons. The second-order valence-electron chi connectivity index (χ2n) is 4.63. The number of anilines is 1. The molecule has 0 aliphatic carbocycles. The zero-order valence-corrected chi connectivity index (χ0v) is 12.0. The van der Waals surface area contributed by atoms with Crippen LogP contribution in [0.15, 0.2) is 73.1 Å². The fourth-order valence-corrected chi connectivity index (χ4v) is 2.36. The van der Waals surface area contributed by atoms with Gasteiger partial charge >= 0.3 is 0 Å². The second-order valence-corrected chi connectivity index (χ2v) is 5.01. The van der Waals surface area contributed by atoms with E-state index < -0.39 is 0 Å². The lowest BCUT2D eigenvalue weighted by atomic mass is 9.99. The van der Waals surface area contributed by atoms with Crippen LogP contribution in [0, 0.1) is 0 Å². The Bertz CT molecular complexity index is 662. The Morgan fingerprint density at radius 2 is 1.38 bits per heavy atom. The third-order valence-electron chi connectivity index (χ3n) is 3.16. The third-order valence-corrected chi connectivity index (χ3v) is 3.35. The Balaban J connectivity index is 1.97. The van der Waals surface area contributed by atoms with Gasteiger partial charge in [0.1, 0.15) is 11.0 Å². The van der Waals surface area contributed by atoms with Crippen molar-refractivity contribution in [3.63, 3.8) is 0 Å². The molecule has 0 saturated carbocycles. The fourth-order valence-electron chi connectivity index (χ4n) is 2.21. The molecule has 2 aromatic carbocycles. The van der Waals surface area contributed by atoms with Gasteiger partial charge in [0.15, 0.2) is 0 Å². The van der Waals surface area contributed by atoms with Gasteiger partial charge in [0.2, 0.25) is 0 Å². The number of hydrogen-bond donors (Lipinski definition) is 1. The van der Waals surface area contributed by atoms with Gasteiger partial charge in [0.05, 0.1) is 18.4 Å². The molecule has 4 heteroatoms. The summed E-state index contributed by atoms with van der Waals surface area (Å²) < 4.78 is 0. The minimum absolute atomic E-state index is 0.000154. The van der Waals surface area contributed by atoms with Crippen LogP contribution in [0.1, 0.15) is 17.2 Å². The Morgan fingerprint density at radius 3 is 1.90 bits per heavy atom. The molecule has 0 fully saturated rings. The lowest BCUT2D eigenvalue weighted by Gasteiger charge is -2.20.